The molecule has 2 aromatic carbocycles. The van der Waals surface area contributed by atoms with E-state index in [0.717, 1.165) is 102 Å². The Kier molecular flexibility index (Phi) is 14.6. The number of ether oxygens (including phenoxy) is 2. The minimum Gasteiger partial charge on any atom is -0.507 e. The summed E-state index contributed by atoms with van der Waals surface area (Å²) in [5.74, 6) is 0.936. The van der Waals surface area contributed by atoms with Crippen molar-refractivity contribution in [3.63, 3.8) is 0 Å². The first-order chi connectivity index (χ1) is 25.0. The Hall–Kier alpha value is -3.41. The van der Waals surface area contributed by atoms with Crippen LogP contribution in [0.3, 0.4) is 0 Å². The highest BCUT2D eigenvalue weighted by atomic mass is 16.5. The second-order valence-corrected chi connectivity index (χ2v) is 15.2. The number of fused-ring (bicyclic) bond motifs is 2. The fourth-order valence-corrected chi connectivity index (χ4v) is 7.11. The minimum atomic E-state index is -0.323. The Labute approximate surface area is 310 Å². The van der Waals surface area contributed by atoms with Gasteiger partial charge in [0.15, 0.2) is 0 Å². The molecule has 0 unspecified atom stereocenters. The molecule has 0 saturated carbocycles. The summed E-state index contributed by atoms with van der Waals surface area (Å²) in [6.45, 7) is 19.6. The van der Waals surface area contributed by atoms with E-state index >= 15 is 0 Å². The second-order valence-electron chi connectivity index (χ2n) is 15.2. The van der Waals surface area contributed by atoms with Crippen molar-refractivity contribution in [3.05, 3.63) is 62.3 Å². The van der Waals surface area contributed by atoms with Gasteiger partial charge in [-0.15, -0.1) is 0 Å². The highest BCUT2D eigenvalue weighted by molar-refractivity contribution is 5.97. The van der Waals surface area contributed by atoms with E-state index in [-0.39, 0.29) is 28.8 Å². The van der Waals surface area contributed by atoms with E-state index in [0.29, 0.717) is 65.2 Å². The highest BCUT2D eigenvalue weighted by Gasteiger charge is 2.24. The Bertz CT molecular complexity index is 1760. The van der Waals surface area contributed by atoms with E-state index in [9.17, 15) is 15.0 Å². The third-order valence-corrected chi connectivity index (χ3v) is 10.5. The van der Waals surface area contributed by atoms with Gasteiger partial charge < -0.3 is 43.7 Å². The molecule has 3 aromatic rings. The van der Waals surface area contributed by atoms with Crippen LogP contribution in [-0.2, 0) is 19.4 Å². The third kappa shape index (κ3) is 10.4. The molecule has 10 nitrogen and oxygen atoms in total. The summed E-state index contributed by atoms with van der Waals surface area (Å²) in [6.07, 6.45) is 8.70. The maximum atomic E-state index is 14.5. The first-order valence-electron chi connectivity index (χ1n) is 19.3. The molecule has 286 valence electrons. The van der Waals surface area contributed by atoms with Crippen LogP contribution in [0.25, 0.3) is 21.9 Å². The Balaban J connectivity index is 1.43. The molecule has 0 radical (unpaired) electrons. The molecule has 2 fully saturated rings. The number of phenols is 1. The van der Waals surface area contributed by atoms with Crippen molar-refractivity contribution in [2.24, 2.45) is 0 Å². The van der Waals surface area contributed by atoms with Crippen LogP contribution in [0, 0.1) is 0 Å². The van der Waals surface area contributed by atoms with Crippen molar-refractivity contribution in [3.8, 4) is 17.2 Å². The minimum absolute atomic E-state index is 0.113. The number of piperazine rings is 2. The molecule has 0 bridgehead atoms. The van der Waals surface area contributed by atoms with Crippen LogP contribution in [0.15, 0.2) is 44.6 Å². The zero-order valence-corrected chi connectivity index (χ0v) is 32.6. The van der Waals surface area contributed by atoms with Gasteiger partial charge in [0.2, 0.25) is 5.43 Å². The Morgan fingerprint density at radius 3 is 1.63 bits per heavy atom. The summed E-state index contributed by atoms with van der Waals surface area (Å²) < 4.78 is 19.2. The standard InChI is InChI=1S/C42H62N4O6/c1-30(2)11-13-32-34(29-47)36(51-26-10-8-16-46-23-19-44(6)20-24-46)28-37-39(32)42(49)40-38(52-37)27-35(33(41(40)48)14-12-31(3)4)50-25-9-7-15-45-21-17-43(5)18-22-45/h11-12,27-28,47-48H,7-10,13-26,29H2,1-6H3. The topological polar surface area (TPSA) is 102 Å². The van der Waals surface area contributed by atoms with Gasteiger partial charge in [0.1, 0.15) is 33.8 Å². The second kappa shape index (κ2) is 19.1. The van der Waals surface area contributed by atoms with Crippen LogP contribution < -0.4 is 14.9 Å². The van der Waals surface area contributed by atoms with E-state index in [2.05, 4.69) is 33.7 Å². The number of hydrogen-bond donors (Lipinski definition) is 2. The van der Waals surface area contributed by atoms with E-state index < -0.39 is 0 Å². The lowest BCUT2D eigenvalue weighted by atomic mass is 9.95. The summed E-state index contributed by atoms with van der Waals surface area (Å²) >= 11 is 0. The van der Waals surface area contributed by atoms with E-state index in [1.54, 1.807) is 12.1 Å². The Morgan fingerprint density at radius 1 is 0.692 bits per heavy atom. The predicted octanol–water partition coefficient (Wildman–Crippen LogP) is 5.97. The monoisotopic (exact) mass is 718 g/mol. The van der Waals surface area contributed by atoms with Gasteiger partial charge in [-0.25, -0.2) is 0 Å². The maximum absolute atomic E-state index is 14.5. The summed E-state index contributed by atoms with van der Waals surface area (Å²) in [7, 11) is 4.34. The molecule has 10 heteroatoms. The summed E-state index contributed by atoms with van der Waals surface area (Å²) in [4.78, 5) is 24.2. The van der Waals surface area contributed by atoms with Gasteiger partial charge in [-0.05, 0) is 99.0 Å². The van der Waals surface area contributed by atoms with Gasteiger partial charge in [-0.1, -0.05) is 23.3 Å². The van der Waals surface area contributed by atoms with Gasteiger partial charge in [0, 0.05) is 75.6 Å². The predicted molar refractivity (Wildman–Crippen MR) is 211 cm³/mol. The van der Waals surface area contributed by atoms with Crippen LogP contribution in [0.2, 0.25) is 0 Å². The van der Waals surface area contributed by atoms with Crippen LogP contribution >= 0.6 is 0 Å². The molecule has 2 N–H and O–H groups in total. The van der Waals surface area contributed by atoms with Gasteiger partial charge >= 0.3 is 0 Å². The third-order valence-electron chi connectivity index (χ3n) is 10.5. The average molecular weight is 719 g/mol. The number of likely N-dealkylation sites (N-methyl/N-ethyl adjacent to an activating group) is 2. The summed E-state index contributed by atoms with van der Waals surface area (Å²) in [6, 6.07) is 3.50. The van der Waals surface area contributed by atoms with Crippen molar-refractivity contribution in [2.75, 3.05) is 92.8 Å². The molecule has 3 heterocycles. The van der Waals surface area contributed by atoms with Gasteiger partial charge in [0.05, 0.1) is 25.2 Å². The summed E-state index contributed by atoms with van der Waals surface area (Å²) in [5, 5.41) is 22.9. The number of unbranched alkanes of at least 4 members (excludes halogenated alkanes) is 2. The van der Waals surface area contributed by atoms with Gasteiger partial charge in [-0.3, -0.25) is 4.79 Å². The Morgan fingerprint density at radius 2 is 1.15 bits per heavy atom. The number of allylic oxidation sites excluding steroid dienone is 4. The van der Waals surface area contributed by atoms with Crippen LogP contribution in [-0.4, -0.2) is 123 Å². The average Bonchev–Trinajstić information content (AvgIpc) is 3.11. The number of hydrogen-bond acceptors (Lipinski definition) is 10. The first kappa shape index (κ1) is 39.8. The van der Waals surface area contributed by atoms with Gasteiger partial charge in [-0.2, -0.15) is 0 Å². The largest absolute Gasteiger partial charge is 0.507 e. The van der Waals surface area contributed by atoms with Gasteiger partial charge in [0.25, 0.3) is 0 Å². The van der Waals surface area contributed by atoms with Crippen LogP contribution in [0.5, 0.6) is 17.2 Å². The van der Waals surface area contributed by atoms with Crippen LogP contribution in [0.1, 0.15) is 70.1 Å². The zero-order chi connectivity index (χ0) is 37.2. The lowest BCUT2D eigenvalue weighted by molar-refractivity contribution is 0.149. The number of benzene rings is 2. The fraction of sp³-hybridized carbons (Fsp3) is 0.595. The van der Waals surface area contributed by atoms with E-state index in [1.165, 1.54) is 0 Å². The lowest BCUT2D eigenvalue weighted by Crippen LogP contribution is -2.44. The van der Waals surface area contributed by atoms with Crippen molar-refractivity contribution in [2.45, 2.75) is 72.8 Å². The first-order valence-corrected chi connectivity index (χ1v) is 19.3. The van der Waals surface area contributed by atoms with Crippen molar-refractivity contribution < 1.29 is 24.1 Å². The number of aliphatic hydroxyl groups excluding tert-OH is 1. The molecule has 0 atom stereocenters. The summed E-state index contributed by atoms with van der Waals surface area (Å²) in [5.41, 5.74) is 4.33. The number of aliphatic hydroxyl groups is 1. The number of nitrogens with zero attached hydrogens (tertiary/aromatic N) is 4. The number of aromatic hydroxyl groups is 1. The lowest BCUT2D eigenvalue weighted by Gasteiger charge is -2.32. The fourth-order valence-electron chi connectivity index (χ4n) is 7.11. The smallest absolute Gasteiger partial charge is 0.204 e. The number of phenolic OH excluding ortho intramolecular Hbond substituents is 1. The van der Waals surface area contributed by atoms with Crippen molar-refractivity contribution in [1.82, 2.24) is 19.6 Å². The molecule has 1 aromatic heterocycles. The molecular weight excluding hydrogens is 656 g/mol. The quantitative estimate of drug-likeness (QED) is 0.0986. The zero-order valence-electron chi connectivity index (χ0n) is 32.6. The molecular formula is C42H62N4O6. The molecule has 2 saturated heterocycles. The normalized spacial score (nSPS) is 16.4. The van der Waals surface area contributed by atoms with Crippen molar-refractivity contribution >= 4 is 21.9 Å². The molecule has 5 rings (SSSR count). The SMILES string of the molecule is CC(C)=CCc1c(OCCCCN2CCN(C)CC2)cc2oc3cc(OCCCCN4CCN(C)CC4)c(CO)c(CC=C(C)C)c3c(=O)c2c1O. The molecule has 2 aliphatic heterocycles. The van der Waals surface area contributed by atoms with E-state index in [4.69, 9.17) is 13.9 Å². The van der Waals surface area contributed by atoms with Crippen molar-refractivity contribution in [1.29, 1.82) is 0 Å². The molecule has 0 amide bonds. The highest BCUT2D eigenvalue weighted by Crippen LogP contribution is 2.39. The molecule has 0 aliphatic carbocycles. The molecule has 52 heavy (non-hydrogen) atoms. The number of rotatable bonds is 17. The van der Waals surface area contributed by atoms with E-state index in [1.807, 2.05) is 39.8 Å². The van der Waals surface area contributed by atoms with Crippen LogP contribution in [0.4, 0.5) is 0 Å². The molecule has 0 spiro atoms. The molecule has 2 aliphatic rings. The maximum Gasteiger partial charge on any atom is 0.204 e.